The summed E-state index contributed by atoms with van der Waals surface area (Å²) in [6.45, 7) is 1.78. The Morgan fingerprint density at radius 2 is 1.76 bits per heavy atom. The number of nitrogens with one attached hydrogen (secondary N) is 2. The fourth-order valence-electron chi connectivity index (χ4n) is 4.44. The first-order valence-electron chi connectivity index (χ1n) is 11.7. The fourth-order valence-corrected chi connectivity index (χ4v) is 6.25. The molecule has 37 heavy (non-hydrogen) atoms. The third-order valence-corrected chi connectivity index (χ3v) is 8.86. The van der Waals surface area contributed by atoms with Gasteiger partial charge in [-0.2, -0.15) is 0 Å². The predicted molar refractivity (Wildman–Crippen MR) is 144 cm³/mol. The molecule has 6 nitrogen and oxygen atoms in total. The van der Waals surface area contributed by atoms with Crippen LogP contribution in [0.2, 0.25) is 10.0 Å². The maximum atomic E-state index is 13.2. The molecular formula is C27H28Cl3N2O4S-. The quantitative estimate of drug-likeness (QED) is 0.445. The van der Waals surface area contributed by atoms with Crippen molar-refractivity contribution in [1.82, 2.24) is 5.32 Å². The number of aryl methyl sites for hydroxylation is 2. The molecule has 1 aliphatic rings. The first kappa shape index (κ1) is 29.1. The zero-order chi connectivity index (χ0) is 25.9. The summed E-state index contributed by atoms with van der Waals surface area (Å²) >= 11 is 12.3. The van der Waals surface area contributed by atoms with Gasteiger partial charge in [-0.1, -0.05) is 53.5 Å². The van der Waals surface area contributed by atoms with Crippen molar-refractivity contribution in [2.24, 2.45) is 0 Å². The summed E-state index contributed by atoms with van der Waals surface area (Å²) in [5.74, 6) is 0.138. The summed E-state index contributed by atoms with van der Waals surface area (Å²) in [7, 11) is -2.19. The van der Waals surface area contributed by atoms with Gasteiger partial charge in [0.15, 0.2) is 9.84 Å². The van der Waals surface area contributed by atoms with Crippen LogP contribution in [-0.2, 0) is 28.4 Å². The van der Waals surface area contributed by atoms with Gasteiger partial charge in [-0.15, -0.1) is 0 Å². The van der Waals surface area contributed by atoms with Crippen molar-refractivity contribution in [3.05, 3.63) is 86.9 Å². The van der Waals surface area contributed by atoms with Crippen LogP contribution in [0.4, 0.5) is 10.5 Å². The Hall–Kier alpha value is -2.45. The van der Waals surface area contributed by atoms with Crippen LogP contribution in [0.3, 0.4) is 0 Å². The highest BCUT2D eigenvalue weighted by molar-refractivity contribution is 7.90. The van der Waals surface area contributed by atoms with E-state index >= 15 is 0 Å². The Morgan fingerprint density at radius 3 is 2.49 bits per heavy atom. The Balaban J connectivity index is 0.00000380. The minimum atomic E-state index is -3.62. The highest BCUT2D eigenvalue weighted by Crippen LogP contribution is 2.32. The number of hydrogen-bond acceptors (Lipinski definition) is 4. The number of amides is 2. The molecule has 1 aliphatic carbocycles. The molecule has 3 aromatic rings. The third-order valence-electron chi connectivity index (χ3n) is 6.35. The van der Waals surface area contributed by atoms with Crippen molar-refractivity contribution in [1.29, 1.82) is 0 Å². The Labute approximate surface area is 234 Å². The minimum Gasteiger partial charge on any atom is -1.00 e. The molecule has 0 aliphatic heterocycles. The molecule has 0 spiro atoms. The van der Waals surface area contributed by atoms with E-state index in [0.29, 0.717) is 21.3 Å². The number of ether oxygens (including phenoxy) is 1. The van der Waals surface area contributed by atoms with Gasteiger partial charge < -0.3 is 27.8 Å². The molecule has 1 atom stereocenters. The Kier molecular flexibility index (Phi) is 9.75. The minimum absolute atomic E-state index is 0. The van der Waals surface area contributed by atoms with Crippen molar-refractivity contribution >= 4 is 44.8 Å². The maximum absolute atomic E-state index is 13.2. The number of methoxy groups -OCH3 is 1. The monoisotopic (exact) mass is 581 g/mol. The molecule has 2 N–H and O–H groups in total. The maximum Gasteiger partial charge on any atom is 0.319 e. The van der Waals surface area contributed by atoms with Gasteiger partial charge in [-0.05, 0) is 73.1 Å². The van der Waals surface area contributed by atoms with Gasteiger partial charge in [0.05, 0.1) is 39.5 Å². The van der Waals surface area contributed by atoms with Crippen molar-refractivity contribution in [2.75, 3.05) is 12.4 Å². The molecule has 10 heteroatoms. The smallest absolute Gasteiger partial charge is 0.319 e. The lowest BCUT2D eigenvalue weighted by molar-refractivity contribution is -0.0000131. The number of anilines is 1. The largest absolute Gasteiger partial charge is 1.00 e. The summed E-state index contributed by atoms with van der Waals surface area (Å²) in [5, 5.41) is 6.29. The molecule has 0 fully saturated rings. The number of hydrogen-bond donors (Lipinski definition) is 2. The zero-order valence-electron chi connectivity index (χ0n) is 20.5. The molecule has 2 amide bonds. The summed E-state index contributed by atoms with van der Waals surface area (Å²) in [6, 6.07) is 14.7. The zero-order valence-corrected chi connectivity index (χ0v) is 23.6. The second kappa shape index (κ2) is 12.4. The molecule has 0 heterocycles. The van der Waals surface area contributed by atoms with E-state index in [4.69, 9.17) is 27.9 Å². The lowest BCUT2D eigenvalue weighted by Gasteiger charge is -2.18. The van der Waals surface area contributed by atoms with E-state index in [2.05, 4.69) is 10.6 Å². The van der Waals surface area contributed by atoms with E-state index in [9.17, 15) is 13.2 Å². The van der Waals surface area contributed by atoms with Crippen LogP contribution < -0.4 is 27.8 Å². The molecule has 0 saturated carbocycles. The van der Waals surface area contributed by atoms with E-state index in [0.717, 1.165) is 24.8 Å². The van der Waals surface area contributed by atoms with E-state index in [1.165, 1.54) is 42.9 Å². The van der Waals surface area contributed by atoms with E-state index in [-0.39, 0.29) is 28.8 Å². The van der Waals surface area contributed by atoms with Gasteiger partial charge in [0.25, 0.3) is 0 Å². The van der Waals surface area contributed by atoms with E-state index in [1.807, 2.05) is 18.2 Å². The van der Waals surface area contributed by atoms with Crippen molar-refractivity contribution in [3.8, 4) is 5.75 Å². The van der Waals surface area contributed by atoms with Crippen LogP contribution in [0, 0.1) is 0 Å². The van der Waals surface area contributed by atoms with E-state index < -0.39 is 21.9 Å². The van der Waals surface area contributed by atoms with Crippen molar-refractivity contribution in [3.63, 3.8) is 0 Å². The summed E-state index contributed by atoms with van der Waals surface area (Å²) < 4.78 is 31.7. The number of carbonyl (C=O) groups is 1. The lowest BCUT2D eigenvalue weighted by atomic mass is 9.91. The van der Waals surface area contributed by atoms with Crippen LogP contribution in [0.5, 0.6) is 5.75 Å². The number of fused-ring (bicyclic) bond motifs is 1. The van der Waals surface area contributed by atoms with Gasteiger partial charge in [-0.3, -0.25) is 0 Å². The molecule has 1 unspecified atom stereocenters. The van der Waals surface area contributed by atoms with Crippen LogP contribution in [0.25, 0.3) is 0 Å². The lowest BCUT2D eigenvalue weighted by Crippen LogP contribution is -3.00. The third kappa shape index (κ3) is 6.90. The van der Waals surface area contributed by atoms with Gasteiger partial charge >= 0.3 is 6.03 Å². The molecule has 0 aromatic heterocycles. The number of sulfone groups is 1. The summed E-state index contributed by atoms with van der Waals surface area (Å²) in [5.41, 5.74) is 4.34. The highest BCUT2D eigenvalue weighted by atomic mass is 35.5. The SMILES string of the molecule is COc1cc(S(=O)(=O)Cc2ccc3c(c2)CCCC3)ccc1NC(=O)NC(C)c1cccc(Cl)c1Cl.[Cl-]. The van der Waals surface area contributed by atoms with Gasteiger partial charge in [-0.25, -0.2) is 13.2 Å². The molecular weight excluding hydrogens is 555 g/mol. The molecule has 198 valence electrons. The molecule has 0 saturated heterocycles. The summed E-state index contributed by atoms with van der Waals surface area (Å²) in [6.07, 6.45) is 4.34. The van der Waals surface area contributed by atoms with Gasteiger partial charge in [0.1, 0.15) is 5.75 Å². The highest BCUT2D eigenvalue weighted by Gasteiger charge is 2.21. The topological polar surface area (TPSA) is 84.5 Å². The number of halogens is 3. The van der Waals surface area contributed by atoms with Gasteiger partial charge in [0, 0.05) is 6.07 Å². The Morgan fingerprint density at radius 1 is 1.03 bits per heavy atom. The van der Waals surface area contributed by atoms with Crippen LogP contribution >= 0.6 is 23.2 Å². The number of carbonyl (C=O) groups excluding carboxylic acids is 1. The van der Waals surface area contributed by atoms with Crippen LogP contribution in [0.15, 0.2) is 59.5 Å². The first-order valence-corrected chi connectivity index (χ1v) is 14.1. The van der Waals surface area contributed by atoms with Crippen LogP contribution in [-0.4, -0.2) is 21.6 Å². The second-order valence-corrected chi connectivity index (χ2v) is 11.7. The Bertz CT molecular complexity index is 1400. The van der Waals surface area contributed by atoms with Crippen molar-refractivity contribution in [2.45, 2.75) is 49.3 Å². The van der Waals surface area contributed by atoms with Crippen molar-refractivity contribution < 1.29 is 30.4 Å². The van der Waals surface area contributed by atoms with Crippen LogP contribution in [0.1, 0.15) is 48.1 Å². The number of rotatable bonds is 7. The second-order valence-electron chi connectivity index (χ2n) is 8.89. The fraction of sp³-hybridized carbons (Fsp3) is 0.296. The first-order chi connectivity index (χ1) is 17.2. The molecule has 3 aromatic carbocycles. The summed E-state index contributed by atoms with van der Waals surface area (Å²) in [4.78, 5) is 12.8. The predicted octanol–water partition coefficient (Wildman–Crippen LogP) is 3.74. The average molecular weight is 583 g/mol. The number of urea groups is 1. The average Bonchev–Trinajstić information content (AvgIpc) is 2.85. The van der Waals surface area contributed by atoms with E-state index in [1.54, 1.807) is 25.1 Å². The molecule has 0 bridgehead atoms. The van der Waals surface area contributed by atoms with Gasteiger partial charge in [0.2, 0.25) is 0 Å². The normalized spacial score (nSPS) is 13.6. The molecule has 4 rings (SSSR count). The molecule has 0 radical (unpaired) electrons. The standard InChI is InChI=1S/C27H28Cl2N2O4S.ClH/c1-17(22-8-5-9-23(28)26(22)29)30-27(32)31-24-13-12-21(15-25(24)35-2)36(33,34)16-18-10-11-19-6-3-4-7-20(19)14-18;/h5,8-15,17H,3-4,6-7,16H2,1-2H3,(H2,30,31,32);1H/p-1. The number of benzene rings is 3.